The van der Waals surface area contributed by atoms with Crippen molar-refractivity contribution in [2.45, 2.75) is 109 Å². The van der Waals surface area contributed by atoms with E-state index >= 15 is 0 Å². The average Bonchev–Trinajstić information content (AvgIpc) is 3.79. The number of rotatable bonds is 7. The molecule has 286 valence electrons. The van der Waals surface area contributed by atoms with Crippen molar-refractivity contribution in [1.29, 1.82) is 0 Å². The monoisotopic (exact) mass is 727 g/mol. The number of aliphatic hydroxyl groups is 1. The summed E-state index contributed by atoms with van der Waals surface area (Å²) in [6.45, 7) is 6.71. The summed E-state index contributed by atoms with van der Waals surface area (Å²) in [6.07, 6.45) is 2.18. The van der Waals surface area contributed by atoms with Gasteiger partial charge in [-0.1, -0.05) is 39.8 Å². The SMILES string of the molecule is CC(C)C[C@@H]1NC(=O)[C@@H](Cc2ccc(O)cc2)NC(=O)CNC(=O)[C@@H](CO)NC(=O)[C@@H]2CCCN2C(=O)[C@@H]2CCCN2C(=O)[C@H](CC(C)C)NC1=O. The quantitative estimate of drug-likeness (QED) is 0.184. The molecule has 52 heavy (non-hydrogen) atoms. The van der Waals surface area contributed by atoms with Crippen molar-refractivity contribution in [3.63, 3.8) is 0 Å². The minimum Gasteiger partial charge on any atom is -0.508 e. The molecule has 16 heteroatoms. The molecule has 1 aromatic carbocycles. The minimum absolute atomic E-state index is 0.00168. The van der Waals surface area contributed by atoms with Crippen LogP contribution in [0.15, 0.2) is 24.3 Å². The number of benzene rings is 1. The van der Waals surface area contributed by atoms with Crippen molar-refractivity contribution < 1.29 is 43.8 Å². The maximum absolute atomic E-state index is 14.2. The number of aromatic hydroxyl groups is 1. The van der Waals surface area contributed by atoms with Gasteiger partial charge in [-0.15, -0.1) is 0 Å². The van der Waals surface area contributed by atoms with Gasteiger partial charge in [0, 0.05) is 19.5 Å². The molecular formula is C36H53N7O9. The van der Waals surface area contributed by atoms with Crippen LogP contribution >= 0.6 is 0 Å². The van der Waals surface area contributed by atoms with Gasteiger partial charge in [-0.3, -0.25) is 33.6 Å². The van der Waals surface area contributed by atoms with E-state index < -0.39 is 90.8 Å². The van der Waals surface area contributed by atoms with E-state index in [2.05, 4.69) is 26.6 Å². The molecule has 3 fully saturated rings. The van der Waals surface area contributed by atoms with Gasteiger partial charge in [-0.2, -0.15) is 0 Å². The lowest BCUT2D eigenvalue weighted by atomic mass is 9.98. The summed E-state index contributed by atoms with van der Waals surface area (Å²) in [5, 5.41) is 32.8. The van der Waals surface area contributed by atoms with Crippen LogP contribution in [0.1, 0.15) is 71.8 Å². The molecule has 0 saturated carbocycles. The molecule has 3 aliphatic heterocycles. The van der Waals surface area contributed by atoms with E-state index in [-0.39, 0.29) is 49.9 Å². The molecule has 3 saturated heterocycles. The number of phenols is 1. The van der Waals surface area contributed by atoms with Gasteiger partial charge in [0.05, 0.1) is 13.2 Å². The average molecular weight is 728 g/mol. The number of nitrogens with zero attached hydrogens (tertiary/aromatic N) is 2. The zero-order valence-electron chi connectivity index (χ0n) is 30.4. The van der Waals surface area contributed by atoms with Gasteiger partial charge in [0.25, 0.3) is 0 Å². The Morgan fingerprint density at radius 2 is 1.19 bits per heavy atom. The molecule has 3 aliphatic rings. The van der Waals surface area contributed by atoms with E-state index in [1.807, 2.05) is 27.7 Å². The number of amides is 7. The summed E-state index contributed by atoms with van der Waals surface area (Å²) in [5.74, 6) is -4.49. The van der Waals surface area contributed by atoms with Crippen LogP contribution in [0.3, 0.4) is 0 Å². The van der Waals surface area contributed by atoms with E-state index in [9.17, 15) is 43.8 Å². The Morgan fingerprint density at radius 1 is 0.654 bits per heavy atom. The first kappa shape index (κ1) is 40.0. The number of aliphatic hydroxyl groups excluding tert-OH is 1. The van der Waals surface area contributed by atoms with Gasteiger partial charge in [-0.25, -0.2) is 0 Å². The third-order valence-electron chi connectivity index (χ3n) is 9.59. The zero-order valence-corrected chi connectivity index (χ0v) is 30.4. The zero-order chi connectivity index (χ0) is 38.1. The largest absolute Gasteiger partial charge is 0.508 e. The fourth-order valence-electron chi connectivity index (χ4n) is 7.00. The lowest BCUT2D eigenvalue weighted by Gasteiger charge is -2.34. The highest BCUT2D eigenvalue weighted by atomic mass is 16.3. The molecule has 1 aromatic rings. The molecule has 0 spiro atoms. The standard InChI is InChI=1S/C36H53N7O9/c1-20(2)15-24-32(48)40-26(16-21(3)4)35(51)43-14-6-8-29(43)36(52)42-13-5-7-28(42)34(50)41-27(19-44)31(47)37-18-30(46)38-25(33(49)39-24)17-22-9-11-23(45)12-10-22/h9-12,20-21,24-29,44-45H,5-8,13-19H2,1-4H3,(H,37,47)(H,38,46)(H,39,49)(H,40,48)(H,41,50)/t24-,25+,26-,27+,28-,29-/m0/s1. The predicted molar refractivity (Wildman–Crippen MR) is 188 cm³/mol. The molecule has 0 bridgehead atoms. The Labute approximate surface area is 303 Å². The predicted octanol–water partition coefficient (Wildman–Crippen LogP) is -0.930. The third kappa shape index (κ3) is 10.4. The second-order valence-electron chi connectivity index (χ2n) is 14.7. The summed E-state index contributed by atoms with van der Waals surface area (Å²) in [4.78, 5) is 98.4. The van der Waals surface area contributed by atoms with Crippen LogP contribution in [0.5, 0.6) is 5.75 Å². The molecule has 7 amide bonds. The normalized spacial score (nSPS) is 27.3. The van der Waals surface area contributed by atoms with Crippen molar-refractivity contribution in [1.82, 2.24) is 36.4 Å². The van der Waals surface area contributed by atoms with E-state index in [0.717, 1.165) is 0 Å². The van der Waals surface area contributed by atoms with E-state index in [0.29, 0.717) is 31.2 Å². The summed E-state index contributed by atoms with van der Waals surface area (Å²) < 4.78 is 0. The maximum Gasteiger partial charge on any atom is 0.246 e. The maximum atomic E-state index is 14.2. The molecule has 0 aromatic heterocycles. The van der Waals surface area contributed by atoms with E-state index in [4.69, 9.17) is 0 Å². The lowest BCUT2D eigenvalue weighted by molar-refractivity contribution is -0.148. The first-order chi connectivity index (χ1) is 24.7. The van der Waals surface area contributed by atoms with Crippen LogP contribution in [0, 0.1) is 11.8 Å². The summed E-state index contributed by atoms with van der Waals surface area (Å²) >= 11 is 0. The number of phenolic OH excluding ortho intramolecular Hbond substituents is 1. The second kappa shape index (κ2) is 18.2. The van der Waals surface area contributed by atoms with Crippen molar-refractivity contribution in [2.24, 2.45) is 11.8 Å². The molecule has 4 rings (SSSR count). The number of carbonyl (C=O) groups excluding carboxylic acids is 7. The molecule has 7 N–H and O–H groups in total. The number of hydrogen-bond donors (Lipinski definition) is 7. The second-order valence-corrected chi connectivity index (χ2v) is 14.7. The minimum atomic E-state index is -1.43. The van der Waals surface area contributed by atoms with Crippen LogP contribution in [-0.4, -0.2) is 124 Å². The van der Waals surface area contributed by atoms with E-state index in [1.165, 1.54) is 21.9 Å². The van der Waals surface area contributed by atoms with Gasteiger partial charge >= 0.3 is 0 Å². The van der Waals surface area contributed by atoms with Gasteiger partial charge < -0.3 is 46.6 Å². The Bertz CT molecular complexity index is 1480. The van der Waals surface area contributed by atoms with Gasteiger partial charge in [0.15, 0.2) is 0 Å². The number of hydrogen-bond acceptors (Lipinski definition) is 9. The van der Waals surface area contributed by atoms with Crippen molar-refractivity contribution in [3.05, 3.63) is 29.8 Å². The Kier molecular flexibility index (Phi) is 14.0. The molecular weight excluding hydrogens is 674 g/mol. The van der Waals surface area contributed by atoms with Crippen molar-refractivity contribution in [2.75, 3.05) is 26.2 Å². The van der Waals surface area contributed by atoms with Gasteiger partial charge in [0.2, 0.25) is 41.4 Å². The van der Waals surface area contributed by atoms with Crippen LogP contribution in [0.4, 0.5) is 0 Å². The topological polar surface area (TPSA) is 227 Å². The third-order valence-corrected chi connectivity index (χ3v) is 9.59. The number of nitrogens with one attached hydrogen (secondary N) is 5. The Hall–Kier alpha value is -4.73. The molecule has 0 radical (unpaired) electrons. The van der Waals surface area contributed by atoms with Crippen LogP contribution in [0.2, 0.25) is 0 Å². The first-order valence-electron chi connectivity index (χ1n) is 18.2. The molecule has 16 nitrogen and oxygen atoms in total. The molecule has 6 atom stereocenters. The summed E-state index contributed by atoms with van der Waals surface area (Å²) in [6, 6.07) is -0.545. The van der Waals surface area contributed by atoms with Crippen LogP contribution < -0.4 is 26.6 Å². The lowest BCUT2D eigenvalue weighted by Crippen LogP contribution is -2.59. The van der Waals surface area contributed by atoms with Gasteiger partial charge in [-0.05, 0) is 68.1 Å². The highest BCUT2D eigenvalue weighted by molar-refractivity contribution is 5.98. The highest BCUT2D eigenvalue weighted by Gasteiger charge is 2.44. The summed E-state index contributed by atoms with van der Waals surface area (Å²) in [5.41, 5.74) is 0.582. The summed E-state index contributed by atoms with van der Waals surface area (Å²) in [7, 11) is 0. The first-order valence-corrected chi connectivity index (χ1v) is 18.2. The van der Waals surface area contributed by atoms with Crippen molar-refractivity contribution >= 4 is 41.4 Å². The molecule has 3 heterocycles. The smallest absolute Gasteiger partial charge is 0.246 e. The number of carbonyl (C=O) groups is 7. The fourth-order valence-corrected chi connectivity index (χ4v) is 7.00. The molecule has 0 aliphatic carbocycles. The van der Waals surface area contributed by atoms with Gasteiger partial charge in [0.1, 0.15) is 42.0 Å². The van der Waals surface area contributed by atoms with Crippen molar-refractivity contribution in [3.8, 4) is 5.75 Å². The Balaban J connectivity index is 1.70. The van der Waals surface area contributed by atoms with E-state index in [1.54, 1.807) is 12.1 Å². The Morgan fingerprint density at radius 3 is 1.81 bits per heavy atom. The highest BCUT2D eigenvalue weighted by Crippen LogP contribution is 2.26. The van der Waals surface area contributed by atoms with Crippen LogP contribution in [-0.2, 0) is 40.0 Å². The molecule has 0 unspecified atom stereocenters. The fraction of sp³-hybridized carbons (Fsp3) is 0.639. The number of fused-ring (bicyclic) bond motifs is 2. The van der Waals surface area contributed by atoms with Crippen LogP contribution in [0.25, 0.3) is 0 Å².